The zero-order chi connectivity index (χ0) is 19.3. The number of hydrogen-bond acceptors (Lipinski definition) is 4. The maximum absolute atomic E-state index is 14.8. The quantitative estimate of drug-likeness (QED) is 0.520. The third-order valence-corrected chi connectivity index (χ3v) is 4.48. The number of nitrogens with zero attached hydrogens (tertiary/aromatic N) is 3. The summed E-state index contributed by atoms with van der Waals surface area (Å²) in [7, 11) is 0. The minimum Gasteiger partial charge on any atom is -0.363 e. The third-order valence-electron chi connectivity index (χ3n) is 4.48. The van der Waals surface area contributed by atoms with E-state index < -0.39 is 5.82 Å². The van der Waals surface area contributed by atoms with Crippen LogP contribution in [0.3, 0.4) is 0 Å². The van der Waals surface area contributed by atoms with Gasteiger partial charge < -0.3 is 5.32 Å². The molecule has 0 fully saturated rings. The lowest BCUT2D eigenvalue weighted by Crippen LogP contribution is -2.05. The molecule has 2 heterocycles. The molecule has 2 aromatic carbocycles. The molecule has 0 atom stereocenters. The minimum absolute atomic E-state index is 0.197. The summed E-state index contributed by atoms with van der Waals surface area (Å²) in [5, 5.41) is 3.07. The monoisotopic (exact) mass is 370 g/mol. The van der Waals surface area contributed by atoms with Gasteiger partial charge in [-0.25, -0.2) is 14.4 Å². The van der Waals surface area contributed by atoms with Crippen molar-refractivity contribution < 1.29 is 4.39 Å². The Bertz CT molecular complexity index is 1080. The molecular formula is C23H19FN4. The van der Waals surface area contributed by atoms with E-state index in [4.69, 9.17) is 0 Å². The molecule has 4 aromatic rings. The average Bonchev–Trinajstić information content (AvgIpc) is 2.74. The number of benzene rings is 2. The molecule has 0 amide bonds. The lowest BCUT2D eigenvalue weighted by molar-refractivity contribution is 0.621. The van der Waals surface area contributed by atoms with Crippen LogP contribution >= 0.6 is 0 Å². The smallest absolute Gasteiger partial charge is 0.191 e. The van der Waals surface area contributed by atoms with Gasteiger partial charge in [-0.05, 0) is 35.7 Å². The van der Waals surface area contributed by atoms with Gasteiger partial charge >= 0.3 is 0 Å². The Balaban J connectivity index is 1.49. The summed E-state index contributed by atoms with van der Waals surface area (Å²) in [6, 6.07) is 21.4. The molecule has 0 saturated carbocycles. The highest BCUT2D eigenvalue weighted by Crippen LogP contribution is 2.24. The van der Waals surface area contributed by atoms with Crippen molar-refractivity contribution in [2.75, 3.05) is 5.32 Å². The number of rotatable bonds is 5. The Morgan fingerprint density at radius 1 is 0.821 bits per heavy atom. The summed E-state index contributed by atoms with van der Waals surface area (Å²) in [6.07, 6.45) is 3.19. The number of anilines is 1. The zero-order valence-corrected chi connectivity index (χ0v) is 15.4. The normalized spacial score (nSPS) is 10.6. The fraction of sp³-hybridized carbons (Fsp3) is 0.0870. The van der Waals surface area contributed by atoms with Crippen molar-refractivity contribution in [3.05, 3.63) is 96.3 Å². The molecule has 0 aliphatic carbocycles. The van der Waals surface area contributed by atoms with E-state index in [2.05, 4.69) is 38.5 Å². The van der Waals surface area contributed by atoms with E-state index in [1.54, 1.807) is 0 Å². The van der Waals surface area contributed by atoms with Crippen molar-refractivity contribution in [3.8, 4) is 22.4 Å². The van der Waals surface area contributed by atoms with Gasteiger partial charge in [0.25, 0.3) is 0 Å². The van der Waals surface area contributed by atoms with Crippen LogP contribution < -0.4 is 5.32 Å². The lowest BCUT2D eigenvalue weighted by atomic mass is 10.0. The second kappa shape index (κ2) is 7.96. The van der Waals surface area contributed by atoms with Gasteiger partial charge in [0.2, 0.25) is 0 Å². The molecular weight excluding hydrogens is 351 g/mol. The zero-order valence-electron chi connectivity index (χ0n) is 15.4. The number of aromatic nitrogens is 3. The van der Waals surface area contributed by atoms with Gasteiger partial charge in [-0.2, -0.15) is 0 Å². The maximum Gasteiger partial charge on any atom is 0.191 e. The number of nitrogens with one attached hydrogen (secondary N) is 1. The second-order valence-electron chi connectivity index (χ2n) is 6.49. The van der Waals surface area contributed by atoms with E-state index in [0.717, 1.165) is 27.9 Å². The molecule has 4 nitrogen and oxygen atoms in total. The van der Waals surface area contributed by atoms with Gasteiger partial charge in [-0.1, -0.05) is 54.6 Å². The van der Waals surface area contributed by atoms with E-state index in [-0.39, 0.29) is 5.82 Å². The molecule has 0 aliphatic rings. The molecule has 5 heteroatoms. The predicted molar refractivity (Wildman–Crippen MR) is 109 cm³/mol. The minimum atomic E-state index is -0.447. The van der Waals surface area contributed by atoms with Crippen LogP contribution in [0.5, 0.6) is 0 Å². The molecule has 4 rings (SSSR count). The molecule has 0 unspecified atom stereocenters. The topological polar surface area (TPSA) is 50.7 Å². The summed E-state index contributed by atoms with van der Waals surface area (Å²) in [5.74, 6) is -0.250. The van der Waals surface area contributed by atoms with Crippen molar-refractivity contribution in [1.82, 2.24) is 15.0 Å². The number of pyridine rings is 1. The highest BCUT2D eigenvalue weighted by Gasteiger charge is 2.12. The molecule has 2 aromatic heterocycles. The molecule has 28 heavy (non-hydrogen) atoms. The van der Waals surface area contributed by atoms with Gasteiger partial charge in [0.1, 0.15) is 12.0 Å². The second-order valence-corrected chi connectivity index (χ2v) is 6.49. The van der Waals surface area contributed by atoms with Crippen molar-refractivity contribution in [2.24, 2.45) is 0 Å². The highest BCUT2D eigenvalue weighted by molar-refractivity contribution is 5.64. The molecule has 0 bridgehead atoms. The Hall–Kier alpha value is -3.60. The summed E-state index contributed by atoms with van der Waals surface area (Å²) in [4.78, 5) is 12.4. The molecule has 0 aliphatic heterocycles. The first kappa shape index (κ1) is 17.8. The van der Waals surface area contributed by atoms with Crippen LogP contribution in [0.1, 0.15) is 11.3 Å². The van der Waals surface area contributed by atoms with E-state index in [1.807, 2.05) is 61.7 Å². The van der Waals surface area contributed by atoms with Gasteiger partial charge in [-0.15, -0.1) is 0 Å². The Labute approximate surface area is 163 Å². The van der Waals surface area contributed by atoms with Gasteiger partial charge in [0.05, 0.1) is 0 Å². The van der Waals surface area contributed by atoms with Crippen LogP contribution in [-0.2, 0) is 6.54 Å². The summed E-state index contributed by atoms with van der Waals surface area (Å²) in [5.41, 5.74) is 5.28. The first-order valence-electron chi connectivity index (χ1n) is 9.02. The SMILES string of the molecule is Cc1cc(-c2ccc(CNc3ncnc(-c4ccccc4)c3F)cc2)ccn1. The van der Waals surface area contributed by atoms with Crippen LogP contribution in [0.4, 0.5) is 10.2 Å². The van der Waals surface area contributed by atoms with Gasteiger partial charge in [0, 0.05) is 24.0 Å². The summed E-state index contributed by atoms with van der Waals surface area (Å²) < 4.78 is 14.8. The van der Waals surface area contributed by atoms with Crippen LogP contribution in [0, 0.1) is 12.7 Å². The molecule has 0 radical (unpaired) electrons. The molecule has 0 saturated heterocycles. The van der Waals surface area contributed by atoms with Crippen LogP contribution in [0.25, 0.3) is 22.4 Å². The number of aryl methyl sites for hydroxylation is 1. The first-order valence-corrected chi connectivity index (χ1v) is 9.02. The molecule has 138 valence electrons. The van der Waals surface area contributed by atoms with Crippen molar-refractivity contribution in [3.63, 3.8) is 0 Å². The largest absolute Gasteiger partial charge is 0.363 e. The highest BCUT2D eigenvalue weighted by atomic mass is 19.1. The van der Waals surface area contributed by atoms with Crippen LogP contribution in [-0.4, -0.2) is 15.0 Å². The maximum atomic E-state index is 14.8. The van der Waals surface area contributed by atoms with E-state index in [0.29, 0.717) is 12.2 Å². The predicted octanol–water partition coefficient (Wildman–Crippen LogP) is 5.27. The van der Waals surface area contributed by atoms with Gasteiger partial charge in [-0.3, -0.25) is 4.98 Å². The van der Waals surface area contributed by atoms with Crippen LogP contribution in [0.2, 0.25) is 0 Å². The van der Waals surface area contributed by atoms with E-state index in [1.165, 1.54) is 6.33 Å². The number of halogens is 1. The molecule has 1 N–H and O–H groups in total. The molecule has 0 spiro atoms. The summed E-state index contributed by atoms with van der Waals surface area (Å²) in [6.45, 7) is 2.44. The summed E-state index contributed by atoms with van der Waals surface area (Å²) >= 11 is 0. The average molecular weight is 370 g/mol. The van der Waals surface area contributed by atoms with E-state index in [9.17, 15) is 4.39 Å². The third kappa shape index (κ3) is 3.88. The van der Waals surface area contributed by atoms with Crippen molar-refractivity contribution >= 4 is 5.82 Å². The fourth-order valence-corrected chi connectivity index (χ4v) is 3.02. The Kier molecular flexibility index (Phi) is 5.06. The van der Waals surface area contributed by atoms with E-state index >= 15 is 0 Å². The standard InChI is InChI=1S/C23H19FN4/c1-16-13-20(11-12-25-16)18-9-7-17(8-10-18)14-26-23-21(24)22(27-15-28-23)19-5-3-2-4-6-19/h2-13,15H,14H2,1H3,(H,26,27,28). The van der Waals surface area contributed by atoms with Crippen LogP contribution in [0.15, 0.2) is 79.3 Å². The Morgan fingerprint density at radius 3 is 2.36 bits per heavy atom. The number of hydrogen-bond donors (Lipinski definition) is 1. The lowest BCUT2D eigenvalue weighted by Gasteiger charge is -2.10. The van der Waals surface area contributed by atoms with Gasteiger partial charge in [0.15, 0.2) is 11.6 Å². The van der Waals surface area contributed by atoms with Crippen molar-refractivity contribution in [2.45, 2.75) is 13.5 Å². The first-order chi connectivity index (χ1) is 13.7. The van der Waals surface area contributed by atoms with Crippen molar-refractivity contribution in [1.29, 1.82) is 0 Å². The Morgan fingerprint density at radius 2 is 1.61 bits per heavy atom. The fourth-order valence-electron chi connectivity index (χ4n) is 3.02.